The Kier molecular flexibility index (Phi) is 5.13. The standard InChI is InChI=1S/C17H14ClF3N2O3/c18-13-3-1-10(7-12(13)17(19,20)21)22-6-5-16(24)23-11-2-4-14-15(8-11)26-9-25-14/h1-4,7-8,22H,5-6,9H2,(H,23,24). The Balaban J connectivity index is 1.52. The van der Waals surface area contributed by atoms with Crippen LogP contribution < -0.4 is 20.1 Å². The van der Waals surface area contributed by atoms with Gasteiger partial charge in [-0.05, 0) is 30.3 Å². The molecule has 2 aromatic rings. The number of alkyl halides is 3. The van der Waals surface area contributed by atoms with Crippen molar-refractivity contribution in [2.24, 2.45) is 0 Å². The van der Waals surface area contributed by atoms with Gasteiger partial charge in [-0.2, -0.15) is 13.2 Å². The minimum atomic E-state index is -4.54. The first kappa shape index (κ1) is 18.2. The van der Waals surface area contributed by atoms with E-state index in [1.54, 1.807) is 18.2 Å². The Bertz CT molecular complexity index is 827. The summed E-state index contributed by atoms with van der Waals surface area (Å²) >= 11 is 5.56. The van der Waals surface area contributed by atoms with Gasteiger partial charge in [0.2, 0.25) is 12.7 Å². The van der Waals surface area contributed by atoms with Gasteiger partial charge in [-0.3, -0.25) is 4.79 Å². The number of benzene rings is 2. The lowest BCUT2D eigenvalue weighted by molar-refractivity contribution is -0.137. The van der Waals surface area contributed by atoms with Gasteiger partial charge in [-0.15, -0.1) is 0 Å². The van der Waals surface area contributed by atoms with Crippen LogP contribution in [0.4, 0.5) is 24.5 Å². The molecule has 1 aliphatic rings. The number of carbonyl (C=O) groups excluding carboxylic acids is 1. The van der Waals surface area contributed by atoms with Gasteiger partial charge in [0.1, 0.15) is 0 Å². The monoisotopic (exact) mass is 386 g/mol. The molecule has 0 saturated carbocycles. The van der Waals surface area contributed by atoms with Gasteiger partial charge in [0.15, 0.2) is 11.5 Å². The van der Waals surface area contributed by atoms with E-state index in [4.69, 9.17) is 21.1 Å². The third-order valence-electron chi connectivity index (χ3n) is 3.61. The Morgan fingerprint density at radius 3 is 2.58 bits per heavy atom. The molecule has 9 heteroatoms. The number of hydrogen-bond donors (Lipinski definition) is 2. The molecule has 26 heavy (non-hydrogen) atoms. The van der Waals surface area contributed by atoms with Crippen molar-refractivity contribution in [3.8, 4) is 11.5 Å². The second kappa shape index (κ2) is 7.33. The van der Waals surface area contributed by atoms with Crippen molar-refractivity contribution in [2.45, 2.75) is 12.6 Å². The fourth-order valence-electron chi connectivity index (χ4n) is 2.37. The predicted molar refractivity (Wildman–Crippen MR) is 90.8 cm³/mol. The van der Waals surface area contributed by atoms with E-state index in [9.17, 15) is 18.0 Å². The first-order valence-electron chi connectivity index (χ1n) is 7.63. The number of nitrogens with one attached hydrogen (secondary N) is 2. The van der Waals surface area contributed by atoms with Crippen LogP contribution in [-0.2, 0) is 11.0 Å². The van der Waals surface area contributed by atoms with Gasteiger partial charge in [0.25, 0.3) is 0 Å². The van der Waals surface area contributed by atoms with E-state index in [-0.39, 0.29) is 36.4 Å². The number of amides is 1. The summed E-state index contributed by atoms with van der Waals surface area (Å²) in [6.07, 6.45) is -4.47. The number of fused-ring (bicyclic) bond motifs is 1. The van der Waals surface area contributed by atoms with E-state index in [0.717, 1.165) is 6.07 Å². The van der Waals surface area contributed by atoms with Crippen molar-refractivity contribution < 1.29 is 27.4 Å². The van der Waals surface area contributed by atoms with Crippen molar-refractivity contribution in [2.75, 3.05) is 24.0 Å². The molecule has 0 radical (unpaired) electrons. The Morgan fingerprint density at radius 2 is 1.81 bits per heavy atom. The largest absolute Gasteiger partial charge is 0.454 e. The molecule has 0 saturated heterocycles. The summed E-state index contributed by atoms with van der Waals surface area (Å²) in [6.45, 7) is 0.299. The molecule has 1 amide bonds. The lowest BCUT2D eigenvalue weighted by Gasteiger charge is -2.12. The highest BCUT2D eigenvalue weighted by Gasteiger charge is 2.33. The zero-order chi connectivity index (χ0) is 18.7. The Labute approximate surface area is 152 Å². The van der Waals surface area contributed by atoms with Crippen molar-refractivity contribution >= 4 is 28.9 Å². The van der Waals surface area contributed by atoms with Gasteiger partial charge in [0, 0.05) is 30.4 Å². The van der Waals surface area contributed by atoms with Crippen LogP contribution in [0.15, 0.2) is 36.4 Å². The van der Waals surface area contributed by atoms with Crippen LogP contribution in [0.3, 0.4) is 0 Å². The molecule has 0 atom stereocenters. The van der Waals surface area contributed by atoms with Crippen LogP contribution in [0.2, 0.25) is 5.02 Å². The third kappa shape index (κ3) is 4.32. The molecule has 1 heterocycles. The van der Waals surface area contributed by atoms with Gasteiger partial charge in [-0.1, -0.05) is 11.6 Å². The summed E-state index contributed by atoms with van der Waals surface area (Å²) < 4.78 is 48.9. The average Bonchev–Trinajstić information content (AvgIpc) is 3.03. The molecule has 138 valence electrons. The van der Waals surface area contributed by atoms with Crippen LogP contribution in [0, 0.1) is 0 Å². The first-order valence-corrected chi connectivity index (χ1v) is 8.01. The van der Waals surface area contributed by atoms with Crippen molar-refractivity contribution in [1.82, 2.24) is 0 Å². The molecule has 2 aromatic carbocycles. The molecule has 0 bridgehead atoms. The highest BCUT2D eigenvalue weighted by atomic mass is 35.5. The molecule has 0 aliphatic carbocycles. The van der Waals surface area contributed by atoms with E-state index >= 15 is 0 Å². The molecule has 0 fully saturated rings. The summed E-state index contributed by atoms with van der Waals surface area (Å²) in [6, 6.07) is 8.50. The number of anilines is 2. The topological polar surface area (TPSA) is 59.6 Å². The van der Waals surface area contributed by atoms with Crippen LogP contribution in [0.25, 0.3) is 0 Å². The summed E-state index contributed by atoms with van der Waals surface area (Å²) in [5.74, 6) is 0.857. The Hall–Kier alpha value is -2.61. The highest BCUT2D eigenvalue weighted by Crippen LogP contribution is 2.36. The molecule has 0 unspecified atom stereocenters. The maximum absolute atomic E-state index is 12.8. The SMILES string of the molecule is O=C(CCNc1ccc(Cl)c(C(F)(F)F)c1)Nc1ccc2c(c1)OCO2. The summed E-state index contributed by atoms with van der Waals surface area (Å²) in [5.41, 5.74) is -0.142. The van der Waals surface area contributed by atoms with Crippen molar-refractivity contribution in [1.29, 1.82) is 0 Å². The predicted octanol–water partition coefficient (Wildman–Crippen LogP) is 4.53. The van der Waals surface area contributed by atoms with Gasteiger partial charge in [-0.25, -0.2) is 0 Å². The smallest absolute Gasteiger partial charge is 0.417 e. The summed E-state index contributed by atoms with van der Waals surface area (Å²) in [7, 11) is 0. The molecular formula is C17H14ClF3N2O3. The molecule has 3 rings (SSSR count). The van der Waals surface area contributed by atoms with Crippen LogP contribution in [0.1, 0.15) is 12.0 Å². The lowest BCUT2D eigenvalue weighted by atomic mass is 10.2. The van der Waals surface area contributed by atoms with Gasteiger partial charge < -0.3 is 20.1 Å². The highest BCUT2D eigenvalue weighted by molar-refractivity contribution is 6.31. The fraction of sp³-hybridized carbons (Fsp3) is 0.235. The second-order valence-electron chi connectivity index (χ2n) is 5.49. The van der Waals surface area contributed by atoms with Crippen LogP contribution in [-0.4, -0.2) is 19.2 Å². The van der Waals surface area contributed by atoms with Crippen LogP contribution in [0.5, 0.6) is 11.5 Å². The van der Waals surface area contributed by atoms with E-state index in [2.05, 4.69) is 10.6 Å². The molecule has 5 nitrogen and oxygen atoms in total. The molecule has 2 N–H and O–H groups in total. The number of halogens is 4. The second-order valence-corrected chi connectivity index (χ2v) is 5.89. The lowest BCUT2D eigenvalue weighted by Crippen LogP contribution is -2.16. The molecular weight excluding hydrogens is 373 g/mol. The minimum absolute atomic E-state index is 0.0679. The number of carbonyl (C=O) groups is 1. The van der Waals surface area contributed by atoms with Crippen molar-refractivity contribution in [3.05, 3.63) is 47.0 Å². The van der Waals surface area contributed by atoms with Crippen LogP contribution >= 0.6 is 11.6 Å². The summed E-state index contributed by atoms with van der Waals surface area (Å²) in [5, 5.41) is 5.09. The van der Waals surface area contributed by atoms with Crippen molar-refractivity contribution in [3.63, 3.8) is 0 Å². The molecule has 0 aromatic heterocycles. The van der Waals surface area contributed by atoms with E-state index in [1.807, 2.05) is 0 Å². The zero-order valence-electron chi connectivity index (χ0n) is 13.3. The zero-order valence-corrected chi connectivity index (χ0v) is 14.1. The van der Waals surface area contributed by atoms with E-state index in [1.165, 1.54) is 12.1 Å². The molecule has 1 aliphatic heterocycles. The third-order valence-corrected chi connectivity index (χ3v) is 3.94. The van der Waals surface area contributed by atoms with E-state index in [0.29, 0.717) is 17.2 Å². The maximum atomic E-state index is 12.8. The maximum Gasteiger partial charge on any atom is 0.417 e. The normalized spacial score (nSPS) is 12.8. The first-order chi connectivity index (χ1) is 12.3. The van der Waals surface area contributed by atoms with Gasteiger partial charge >= 0.3 is 6.18 Å². The Morgan fingerprint density at radius 1 is 1.08 bits per heavy atom. The molecule has 0 spiro atoms. The van der Waals surface area contributed by atoms with Gasteiger partial charge in [0.05, 0.1) is 10.6 Å². The fourth-order valence-corrected chi connectivity index (χ4v) is 2.60. The quantitative estimate of drug-likeness (QED) is 0.792. The number of hydrogen-bond acceptors (Lipinski definition) is 4. The number of ether oxygens (including phenoxy) is 2. The van der Waals surface area contributed by atoms with E-state index < -0.39 is 11.7 Å². The summed E-state index contributed by atoms with van der Waals surface area (Å²) in [4.78, 5) is 12.0. The number of rotatable bonds is 5. The average molecular weight is 387 g/mol. The minimum Gasteiger partial charge on any atom is -0.454 e.